The smallest absolute Gasteiger partial charge is 0.359 e. The Bertz CT molecular complexity index is 5350. The minimum Gasteiger partial charge on any atom is -0.359 e. The highest BCUT2D eigenvalue weighted by molar-refractivity contribution is 5.90. The first-order valence-corrected chi connectivity index (χ1v) is 51.1. The van der Waals surface area contributed by atoms with Gasteiger partial charge in [-0.05, 0) is 268 Å². The lowest BCUT2D eigenvalue weighted by Gasteiger charge is -2.39. The number of aryl methyl sites for hydroxylation is 10. The normalized spacial score (nSPS) is 32.3. The fourth-order valence-corrected chi connectivity index (χ4v) is 30.8. The Hall–Kier alpha value is -9.80. The van der Waals surface area contributed by atoms with Gasteiger partial charge in [-0.3, -0.25) is 43.2 Å². The molecule has 714 valence electrons. The van der Waals surface area contributed by atoms with Crippen LogP contribution in [0.1, 0.15) is 282 Å². The molecule has 0 radical (unpaired) electrons. The van der Waals surface area contributed by atoms with Gasteiger partial charge in [0, 0.05) is 138 Å². The van der Waals surface area contributed by atoms with Gasteiger partial charge < -0.3 is 45.3 Å². The summed E-state index contributed by atoms with van der Waals surface area (Å²) >= 11 is 0. The fraction of sp³-hybridized carbons (Fsp3) is 0.634. The predicted octanol–water partition coefficient (Wildman–Crippen LogP) is 16.6. The van der Waals surface area contributed by atoms with Crippen LogP contribution in [-0.4, -0.2) is 154 Å². The van der Waals surface area contributed by atoms with Crippen LogP contribution in [0.25, 0.3) is 0 Å². The van der Waals surface area contributed by atoms with Gasteiger partial charge in [-0.25, -0.2) is 0 Å². The molecule has 5 aromatic rings. The van der Waals surface area contributed by atoms with Crippen molar-refractivity contribution in [3.63, 3.8) is 0 Å². The molecule has 21 heteroatoms. The summed E-state index contributed by atoms with van der Waals surface area (Å²) in [6, 6.07) is 35.9. The average molecular weight is 1810 g/mol. The maximum Gasteiger partial charge on any atom is 0.373 e. The lowest BCUT2D eigenvalue weighted by atomic mass is 9.75. The van der Waals surface area contributed by atoms with Crippen LogP contribution in [0, 0.1) is 141 Å². The molecule has 10 fully saturated rings. The highest BCUT2D eigenvalue weighted by atomic mass is 16.2. The number of hydrogen-bond donors (Lipinski definition) is 3. The molecule has 5 spiro atoms. The maximum atomic E-state index is 13.4. The van der Waals surface area contributed by atoms with Crippen molar-refractivity contribution in [3.8, 4) is 6.07 Å². The molecule has 20 rings (SSSR count). The zero-order valence-electron chi connectivity index (χ0n) is 82.7. The summed E-state index contributed by atoms with van der Waals surface area (Å²) in [5.41, 5.74) is 18.9. The summed E-state index contributed by atoms with van der Waals surface area (Å²) in [6.45, 7) is 40.4. The first-order valence-electron chi connectivity index (χ1n) is 51.1. The predicted molar refractivity (Wildman–Crippen MR) is 514 cm³/mol. The van der Waals surface area contributed by atoms with Gasteiger partial charge in [0.05, 0.1) is 33.8 Å². The number of amides is 9. The SMILES string of the molecule is CCCC[C@@H]1[C@@H](C)CC23c4ccc(C)cc4CCCN2C(=O)C[C@@H]13.CCN(CC)C(=O)[C@@H]1[C@@H](C)CC23c4ccc(C)cc4CCCN2C(=O)C[C@@H]13.CNC(=O)[C@@H]1[C@@H](C)CC23c4ccc(C)cc4CCCN2C(=O)C[C@@H]13.Cc1ccc2c(c1)CCCN1C(=O)C[C@H]3[C@H](C(=O)NCC#N)[C@@H](C)CC231.Cc1ccc2c(c1)CCCN1C(=O)C[C@H]3[C@H](C(=O)N[C@H](C)CC(C)C)[C@@H](C)CC231.O=C=O. The first kappa shape index (κ1) is 97.7. The molecule has 133 heavy (non-hydrogen) atoms. The number of hydrogen-bond acceptors (Lipinski definition) is 12. The second kappa shape index (κ2) is 39.5. The zero-order valence-corrected chi connectivity index (χ0v) is 82.7. The summed E-state index contributed by atoms with van der Waals surface area (Å²) < 4.78 is 0. The third-order valence-electron chi connectivity index (χ3n) is 35.3. The molecule has 15 aliphatic rings. The Morgan fingerprint density at radius 2 is 0.714 bits per heavy atom. The number of nitrogens with zero attached hydrogens (tertiary/aromatic N) is 7. The Balaban J connectivity index is 0.000000126. The molecule has 21 atom stereocenters. The number of rotatable bonds is 13. The van der Waals surface area contributed by atoms with Gasteiger partial charge in [0.2, 0.25) is 53.2 Å². The highest BCUT2D eigenvalue weighted by Gasteiger charge is 2.70. The van der Waals surface area contributed by atoms with E-state index in [2.05, 4.69) is 228 Å². The Kier molecular flexibility index (Phi) is 29.0. The van der Waals surface area contributed by atoms with Gasteiger partial charge in [0.1, 0.15) is 6.54 Å². The van der Waals surface area contributed by atoms with Gasteiger partial charge in [-0.1, -0.05) is 187 Å². The lowest BCUT2D eigenvalue weighted by Crippen LogP contribution is -2.46. The lowest BCUT2D eigenvalue weighted by molar-refractivity contribution is -0.192. The van der Waals surface area contributed by atoms with Crippen molar-refractivity contribution in [2.45, 2.75) is 299 Å². The van der Waals surface area contributed by atoms with Crippen molar-refractivity contribution in [3.05, 3.63) is 174 Å². The van der Waals surface area contributed by atoms with Crippen LogP contribution >= 0.6 is 0 Å². The number of nitriles is 1. The molecule has 10 aliphatic heterocycles. The minimum atomic E-state index is -0.356. The van der Waals surface area contributed by atoms with Gasteiger partial charge >= 0.3 is 6.15 Å². The van der Waals surface area contributed by atoms with Crippen LogP contribution in [0.2, 0.25) is 0 Å². The van der Waals surface area contributed by atoms with Crippen LogP contribution in [0.15, 0.2) is 91.0 Å². The molecule has 10 heterocycles. The van der Waals surface area contributed by atoms with Crippen molar-refractivity contribution in [1.29, 1.82) is 5.26 Å². The number of benzene rings is 5. The molecule has 5 saturated heterocycles. The third kappa shape index (κ3) is 17.0. The largest absolute Gasteiger partial charge is 0.373 e. The van der Waals surface area contributed by atoms with Crippen LogP contribution in [0.5, 0.6) is 0 Å². The molecule has 5 aromatic carbocycles. The summed E-state index contributed by atoms with van der Waals surface area (Å²) in [4.78, 5) is 146. The van der Waals surface area contributed by atoms with Crippen LogP contribution in [0.4, 0.5) is 0 Å². The number of carbonyl (C=O) groups excluding carboxylic acids is 11. The molecular weight excluding hydrogens is 1660 g/mol. The highest BCUT2D eigenvalue weighted by Crippen LogP contribution is 2.67. The van der Waals surface area contributed by atoms with E-state index in [1.54, 1.807) is 7.05 Å². The van der Waals surface area contributed by atoms with E-state index in [-0.39, 0.29) is 159 Å². The van der Waals surface area contributed by atoms with E-state index < -0.39 is 0 Å². The minimum absolute atomic E-state index is 0.00837. The number of nitrogens with one attached hydrogen (secondary N) is 3. The van der Waals surface area contributed by atoms with E-state index in [0.717, 1.165) is 154 Å². The van der Waals surface area contributed by atoms with E-state index in [9.17, 15) is 43.2 Å². The topological polar surface area (TPSA) is 267 Å². The van der Waals surface area contributed by atoms with Gasteiger partial charge in [-0.15, -0.1) is 0 Å². The summed E-state index contributed by atoms with van der Waals surface area (Å²) in [5, 5.41) is 17.7. The Labute approximate surface area is 791 Å². The van der Waals surface area contributed by atoms with Gasteiger partial charge in [0.25, 0.3) is 0 Å². The molecule has 0 aromatic heterocycles. The standard InChI is InChI=1S/C25H36N2O2.C23H32N2O2.C22H31NO.C21H25N3O2.C20H26N2O2.CO2/c1-15(2)11-18(5)26-24(29)23-17(4)14-25-20-9-8-16(3)12-19(20)7-6-10-27(25)22(28)13-21(23)25;1-5-24(6-2)22(27)21-16(4)14-23-18-10-9-15(3)12-17(18)8-7-11-25(23)20(26)13-19(21)23;1-4-5-8-18-16(3)14-22-19-10-9-15(2)12-17(19)7-6-11-23(22)21(24)13-20(18)22;1-13-5-6-16-15(10-13)4-3-9-24-18(25)11-17-19(20(26)23-8-7-22)14(2)12-21(16,17)24;1-12-6-7-15-14(9-12)5-4-8-22-17(23)10-16-18(19(24)21-3)13(2)11-20(15,16)22;2-1-3/h8-9,12,15,17-18,21,23H,6-7,10-11,13-14H2,1-5H3,(H,26,29);9-10,12,16,19,21H,5-8,11,13-14H2,1-4H3;9-10,12,16,18,20H,4-8,11,13-14H2,1-3H3;5-6,10,14,17,19H,3-4,8-9,11-12H2,1-2H3,(H,23,26);6-7,9,13,16,18H,4-5,8,10-11H2,1-3H3,(H,21,24);/t17-,18+,21-,23+,25?;16-,19-,21+,23?;16-,18+,20-,22?;14-,17-,19+,21?;13-,16-,18+,20?;/m00000./s1. The average Bonchev–Trinajstić information content (AvgIpc) is 1.55. The molecule has 5 saturated carbocycles. The second-order valence-corrected chi connectivity index (χ2v) is 43.7. The molecule has 5 aliphatic carbocycles. The van der Waals surface area contributed by atoms with E-state index in [1.807, 2.05) is 24.8 Å². The van der Waals surface area contributed by atoms with E-state index in [0.29, 0.717) is 55.3 Å². The summed E-state index contributed by atoms with van der Waals surface area (Å²) in [7, 11) is 1.71. The van der Waals surface area contributed by atoms with Crippen molar-refractivity contribution in [2.24, 2.45) is 94.7 Å². The number of unbranched alkanes of at least 4 members (excludes halogenated alkanes) is 1. The molecule has 9 amide bonds. The molecular formula is C112H150N10O11. The van der Waals surface area contributed by atoms with Crippen LogP contribution in [-0.2, 0) is 113 Å². The Morgan fingerprint density at radius 1 is 0.429 bits per heavy atom. The first-order chi connectivity index (χ1) is 63.6. The zero-order chi connectivity index (χ0) is 95.4. The summed E-state index contributed by atoms with van der Waals surface area (Å²) in [6.07, 6.45) is 22.9. The van der Waals surface area contributed by atoms with E-state index in [1.165, 1.54) is 109 Å². The van der Waals surface area contributed by atoms with Crippen molar-refractivity contribution < 1.29 is 52.7 Å². The van der Waals surface area contributed by atoms with Gasteiger partial charge in [0.15, 0.2) is 0 Å². The quantitative estimate of drug-likeness (QED) is 0.0929. The number of carbonyl (C=O) groups is 9. The molecule has 0 bridgehead atoms. The van der Waals surface area contributed by atoms with Crippen molar-refractivity contribution in [1.82, 2.24) is 45.3 Å². The third-order valence-corrected chi connectivity index (χ3v) is 35.3. The number of fused-ring (bicyclic) bond motifs is 5. The molecule has 5 unspecified atom stereocenters. The summed E-state index contributed by atoms with van der Waals surface area (Å²) in [5.74, 6) is 5.14. The molecule has 3 N–H and O–H groups in total. The Morgan fingerprint density at radius 3 is 1.02 bits per heavy atom. The van der Waals surface area contributed by atoms with E-state index >= 15 is 0 Å². The molecule has 21 nitrogen and oxygen atoms in total. The van der Waals surface area contributed by atoms with E-state index in [4.69, 9.17) is 14.9 Å². The maximum absolute atomic E-state index is 13.4. The van der Waals surface area contributed by atoms with Crippen LogP contribution < -0.4 is 16.0 Å². The van der Waals surface area contributed by atoms with Crippen LogP contribution in [0.3, 0.4) is 0 Å². The van der Waals surface area contributed by atoms with Crippen molar-refractivity contribution in [2.75, 3.05) is 59.4 Å². The van der Waals surface area contributed by atoms with Crippen molar-refractivity contribution >= 4 is 59.3 Å². The van der Waals surface area contributed by atoms with Gasteiger partial charge in [-0.2, -0.15) is 14.9 Å². The monoisotopic (exact) mass is 1810 g/mol. The second-order valence-electron chi connectivity index (χ2n) is 43.7. The fourth-order valence-electron chi connectivity index (χ4n) is 30.8.